The number of hydrogen-bond acceptors (Lipinski definition) is 8. The maximum absolute atomic E-state index is 5.94. The Morgan fingerprint density at radius 2 is 1.73 bits per heavy atom. The van der Waals surface area contributed by atoms with Crippen LogP contribution in [0.4, 0.5) is 0 Å². The molecule has 0 aliphatic heterocycles. The number of rotatable bonds is 5. The average molecular weight is 442 g/mol. The molecule has 1 aromatic carbocycles. The fourth-order valence-electron chi connectivity index (χ4n) is 3.54. The molecule has 1 saturated carbocycles. The first-order valence-corrected chi connectivity index (χ1v) is 11.8. The Labute approximate surface area is 174 Å². The van der Waals surface area contributed by atoms with Crippen LogP contribution in [0, 0.1) is 5.92 Å². The molecule has 1 aliphatic rings. The van der Waals surface area contributed by atoms with Crippen molar-refractivity contribution in [3.05, 3.63) is 29.3 Å². The standard InChI is InChI=1S/C17H19NO3S4Si/c1-10-14(23)12(22)9-17(15(10)24,26(19-2,20-3)21-4)16-18-11-7-5-6-8-13(11)25-16/h5-8,10H,9H2,1-4H3. The zero-order chi connectivity index (χ0) is 19.1. The van der Waals surface area contributed by atoms with Crippen molar-refractivity contribution in [2.24, 2.45) is 5.92 Å². The van der Waals surface area contributed by atoms with Crippen LogP contribution in [0.15, 0.2) is 24.3 Å². The molecule has 0 saturated heterocycles. The van der Waals surface area contributed by atoms with Gasteiger partial charge in [0.25, 0.3) is 0 Å². The second-order valence-corrected chi connectivity index (χ2v) is 11.7. The summed E-state index contributed by atoms with van der Waals surface area (Å²) in [4.78, 5) is 7.03. The van der Waals surface area contributed by atoms with E-state index in [1.54, 1.807) is 32.7 Å². The zero-order valence-electron chi connectivity index (χ0n) is 14.9. The maximum atomic E-state index is 5.94. The van der Waals surface area contributed by atoms with Crippen molar-refractivity contribution in [1.29, 1.82) is 0 Å². The van der Waals surface area contributed by atoms with Gasteiger partial charge in [-0.25, -0.2) is 4.98 Å². The average Bonchev–Trinajstić information content (AvgIpc) is 3.10. The Balaban J connectivity index is 2.34. The molecular weight excluding hydrogens is 423 g/mol. The van der Waals surface area contributed by atoms with Crippen LogP contribution in [0.2, 0.25) is 0 Å². The minimum absolute atomic E-state index is 0.152. The lowest BCUT2D eigenvalue weighted by molar-refractivity contribution is 0.104. The van der Waals surface area contributed by atoms with Crippen molar-refractivity contribution in [2.45, 2.75) is 18.4 Å². The van der Waals surface area contributed by atoms with Gasteiger partial charge in [0.2, 0.25) is 0 Å². The zero-order valence-corrected chi connectivity index (χ0v) is 19.2. The quantitative estimate of drug-likeness (QED) is 0.511. The number of nitrogens with zero attached hydrogens (tertiary/aromatic N) is 1. The van der Waals surface area contributed by atoms with Crippen molar-refractivity contribution in [2.75, 3.05) is 21.3 Å². The van der Waals surface area contributed by atoms with Crippen molar-refractivity contribution in [3.63, 3.8) is 0 Å². The lowest BCUT2D eigenvalue weighted by atomic mass is 9.81. The van der Waals surface area contributed by atoms with Crippen molar-refractivity contribution in [3.8, 4) is 0 Å². The van der Waals surface area contributed by atoms with Crippen molar-refractivity contribution >= 4 is 81.6 Å². The molecule has 0 radical (unpaired) electrons. The van der Waals surface area contributed by atoms with Gasteiger partial charge in [0.1, 0.15) is 10.0 Å². The molecule has 1 heterocycles. The van der Waals surface area contributed by atoms with E-state index in [4.69, 9.17) is 54.9 Å². The number of para-hydroxylation sites is 1. The topological polar surface area (TPSA) is 40.6 Å². The minimum Gasteiger partial charge on any atom is -0.376 e. The Bertz CT molecular complexity index is 854. The third-order valence-electron chi connectivity index (χ3n) is 4.90. The summed E-state index contributed by atoms with van der Waals surface area (Å²) >= 11 is 18.7. The van der Waals surface area contributed by atoms with Gasteiger partial charge < -0.3 is 13.3 Å². The summed E-state index contributed by atoms with van der Waals surface area (Å²) in [7, 11) is 1.50. The summed E-state index contributed by atoms with van der Waals surface area (Å²) in [6.07, 6.45) is 0.423. The molecule has 1 fully saturated rings. The van der Waals surface area contributed by atoms with Gasteiger partial charge in [0.15, 0.2) is 0 Å². The van der Waals surface area contributed by atoms with E-state index < -0.39 is 13.8 Å². The smallest absolute Gasteiger partial charge is 0.376 e. The minimum atomic E-state index is -3.29. The summed E-state index contributed by atoms with van der Waals surface area (Å²) in [6.45, 7) is 1.98. The van der Waals surface area contributed by atoms with Crippen LogP contribution in [0.5, 0.6) is 0 Å². The molecule has 2 atom stereocenters. The highest BCUT2D eigenvalue weighted by molar-refractivity contribution is 7.90. The van der Waals surface area contributed by atoms with Crippen LogP contribution in [-0.2, 0) is 18.3 Å². The highest BCUT2D eigenvalue weighted by Crippen LogP contribution is 2.48. The predicted octanol–water partition coefficient (Wildman–Crippen LogP) is 4.10. The maximum Gasteiger partial charge on any atom is 0.519 e. The van der Waals surface area contributed by atoms with Gasteiger partial charge in [0, 0.05) is 48.3 Å². The van der Waals surface area contributed by atoms with E-state index in [0.29, 0.717) is 16.1 Å². The van der Waals surface area contributed by atoms with Gasteiger partial charge in [-0.05, 0) is 12.1 Å². The number of thiazole rings is 1. The molecule has 4 nitrogen and oxygen atoms in total. The van der Waals surface area contributed by atoms with Gasteiger partial charge in [-0.15, -0.1) is 11.3 Å². The molecule has 0 bridgehead atoms. The largest absolute Gasteiger partial charge is 0.519 e. The van der Waals surface area contributed by atoms with Gasteiger partial charge in [0.05, 0.1) is 10.2 Å². The lowest BCUT2D eigenvalue weighted by Gasteiger charge is -2.47. The van der Waals surface area contributed by atoms with Gasteiger partial charge in [-0.3, -0.25) is 0 Å². The fraction of sp³-hybridized carbons (Fsp3) is 0.412. The monoisotopic (exact) mass is 441 g/mol. The van der Waals surface area contributed by atoms with E-state index in [0.717, 1.165) is 20.1 Å². The van der Waals surface area contributed by atoms with E-state index in [1.165, 1.54) is 0 Å². The molecule has 0 N–H and O–H groups in total. The second kappa shape index (κ2) is 7.48. The summed E-state index contributed by atoms with van der Waals surface area (Å²) < 4.78 is 18.8. The second-order valence-electron chi connectivity index (χ2n) is 6.11. The molecule has 26 heavy (non-hydrogen) atoms. The van der Waals surface area contributed by atoms with Gasteiger partial charge in [-0.1, -0.05) is 55.7 Å². The Hall–Kier alpha value is -0.523. The molecule has 0 spiro atoms. The highest BCUT2D eigenvalue weighted by atomic mass is 32.1. The first-order valence-electron chi connectivity index (χ1n) is 7.99. The van der Waals surface area contributed by atoms with Crippen LogP contribution in [0.25, 0.3) is 10.2 Å². The molecule has 2 unspecified atom stereocenters. The van der Waals surface area contributed by atoms with Crippen molar-refractivity contribution in [1.82, 2.24) is 4.98 Å². The summed E-state index contributed by atoms with van der Waals surface area (Å²) in [5.74, 6) is -0.152. The summed E-state index contributed by atoms with van der Waals surface area (Å²) in [5, 5.41) is -0.0130. The van der Waals surface area contributed by atoms with Gasteiger partial charge in [-0.2, -0.15) is 0 Å². The van der Waals surface area contributed by atoms with Crippen LogP contribution >= 0.6 is 48.0 Å². The predicted molar refractivity (Wildman–Crippen MR) is 120 cm³/mol. The third kappa shape index (κ3) is 2.77. The third-order valence-corrected chi connectivity index (χ3v) is 11.6. The number of aromatic nitrogens is 1. The first kappa shape index (κ1) is 20.2. The van der Waals surface area contributed by atoms with Crippen LogP contribution < -0.4 is 0 Å². The molecule has 1 aliphatic carbocycles. The lowest BCUT2D eigenvalue weighted by Crippen LogP contribution is -2.69. The number of hydrogen-bond donors (Lipinski definition) is 0. The molecule has 1 aromatic heterocycles. The van der Waals surface area contributed by atoms with E-state index >= 15 is 0 Å². The van der Waals surface area contributed by atoms with E-state index in [9.17, 15) is 0 Å². The highest BCUT2D eigenvalue weighted by Gasteiger charge is 2.67. The molecular formula is C17H19NO3S4Si. The van der Waals surface area contributed by atoms with Crippen LogP contribution in [0.3, 0.4) is 0 Å². The van der Waals surface area contributed by atoms with E-state index in [-0.39, 0.29) is 5.92 Å². The Morgan fingerprint density at radius 1 is 1.12 bits per heavy atom. The summed E-state index contributed by atoms with van der Waals surface area (Å²) in [6, 6.07) is 7.98. The fourth-order valence-corrected chi connectivity index (χ4v) is 9.43. The molecule has 0 amide bonds. The molecule has 138 valence electrons. The Kier molecular flexibility index (Phi) is 5.81. The normalized spacial score (nSPS) is 24.5. The molecule has 2 aromatic rings. The number of benzene rings is 1. The molecule has 3 rings (SSSR count). The molecule has 9 heteroatoms. The number of fused-ring (bicyclic) bond motifs is 1. The SMILES string of the molecule is CO[Si](OC)(OC)C1(c2nc3ccccc3s2)CC(=S)C(=S)C(C)C1=S. The summed E-state index contributed by atoms with van der Waals surface area (Å²) in [5.41, 5.74) is 0.910. The van der Waals surface area contributed by atoms with Gasteiger partial charge >= 0.3 is 8.80 Å². The van der Waals surface area contributed by atoms with Crippen LogP contribution in [-0.4, -0.2) is 49.7 Å². The van der Waals surface area contributed by atoms with Crippen LogP contribution in [0.1, 0.15) is 18.4 Å². The van der Waals surface area contributed by atoms with Crippen molar-refractivity contribution < 1.29 is 13.3 Å². The van der Waals surface area contributed by atoms with E-state index in [1.807, 2.05) is 31.2 Å². The number of thiocarbonyl (C=S) groups is 3. The van der Waals surface area contributed by atoms with E-state index in [2.05, 4.69) is 0 Å². The first-order chi connectivity index (χ1) is 12.4. The Morgan fingerprint density at radius 3 is 2.31 bits per heavy atom.